The number of Topliss-reactive ketones (excluding diaryl/α,β-unsaturated/α-hetero) is 4. The first-order chi connectivity index (χ1) is 55.0. The zero-order valence-corrected chi connectivity index (χ0v) is 75.9. The van der Waals surface area contributed by atoms with Gasteiger partial charge in [-0.15, -0.1) is 0 Å². The van der Waals surface area contributed by atoms with Crippen molar-refractivity contribution in [2.24, 2.45) is 59.2 Å². The monoisotopic (exact) mass is 1640 g/mol. The summed E-state index contributed by atoms with van der Waals surface area (Å²) in [7, 11) is 7.99. The molecule has 1 aliphatic heterocycles. The molecule has 3 aromatic carbocycles. The molecule has 24 heteroatoms. The molecule has 4 rings (SSSR count). The van der Waals surface area contributed by atoms with Crippen LogP contribution in [-0.2, 0) is 62.3 Å². The Balaban J connectivity index is 1.67. The lowest BCUT2D eigenvalue weighted by Crippen LogP contribution is -2.61. The van der Waals surface area contributed by atoms with Crippen LogP contribution in [-0.4, -0.2) is 233 Å². The minimum absolute atomic E-state index is 0.0568. The third-order valence-corrected chi connectivity index (χ3v) is 27.8. The van der Waals surface area contributed by atoms with Gasteiger partial charge in [-0.2, -0.15) is 0 Å². The van der Waals surface area contributed by atoms with E-state index in [2.05, 4.69) is 83.4 Å². The molecular weight excluding hydrogens is 1500 g/mol. The van der Waals surface area contributed by atoms with Gasteiger partial charge in [-0.25, -0.2) is 0 Å². The van der Waals surface area contributed by atoms with Crippen LogP contribution in [0.3, 0.4) is 0 Å². The standard InChI is InChI=1S/C93H144N9O14P/c1-24-69-57-81(106)85(86(109)66(14)40-39-48-82(107)94-50-38-27-25-26-31-41-70(103)49-51-117(71-42-32-28-33-43-71,72-44-34-29-35-45-72)73-46-36-30-37-47-73)102(23)93(116)84(65(12)13)101(22)92(115)78(55-63(8)9)100(21)91(114)77(54-62(6)7)99(20)88(111)68(16)95-87(110)67(15)56-79(104)76(53-61(4)5)98(19)90(113)74(64(10)11)58-80(105)75(52-60(2)3)97(18)83(108)59-96(17)89(69)112/h28-30,32-37,39,42-48,60-69,74-78,84-86,109H,24-27,31,38,40-41,49-59H2,1-23H3,(H-,94,95,107,110)/p+1/b48-39+/t66-,67-,68-,69-,74+,75+,76+,77+,78+,84+,85-,86-/m1/s1. The molecule has 117 heavy (non-hydrogen) atoms. The number of hydrogen-bond acceptors (Lipinski definition) is 14. The van der Waals surface area contributed by atoms with Gasteiger partial charge < -0.3 is 50.0 Å². The van der Waals surface area contributed by atoms with Gasteiger partial charge in [0.15, 0.2) is 17.3 Å². The highest BCUT2D eigenvalue weighted by molar-refractivity contribution is 7.95. The van der Waals surface area contributed by atoms with Crippen molar-refractivity contribution in [2.45, 2.75) is 262 Å². The zero-order valence-electron chi connectivity index (χ0n) is 75.0. The van der Waals surface area contributed by atoms with E-state index in [9.17, 15) is 48.3 Å². The van der Waals surface area contributed by atoms with Crippen LogP contribution in [0.15, 0.2) is 103 Å². The average Bonchev–Trinajstić information content (AvgIpc) is 0.759. The minimum Gasteiger partial charge on any atom is -0.390 e. The number of aliphatic hydroxyl groups excluding tert-OH is 1. The first kappa shape index (κ1) is 101. The quantitative estimate of drug-likeness (QED) is 0.0318. The SMILES string of the molecule is CC[C@@H]1CC(=O)[C@H]([C@H](O)[C@H](C)C/C=C/C(=O)NCCCCCCCC(=O)CC[P+](c2ccccc2)(c2ccccc2)c2ccccc2)N(C)C(=O)[C@H](C(C)C)N(C)C(=O)[C@H](CC(C)C)N(C)C(=O)[C@H](CC(C)C)N(C)C(=O)[C@@H](C)NC(=O)[C@H](C)CC(=O)[C@H](CC(C)C)N(C)C(=O)[C@H](C(C)C)CC(=O)[C@H](CC(C)C)N(C)C(=O)CN(C)C1=O. The van der Waals surface area contributed by atoms with Crippen molar-refractivity contribution < 1.29 is 67.4 Å². The van der Waals surface area contributed by atoms with Gasteiger partial charge in [0.1, 0.15) is 59.2 Å². The number of benzene rings is 3. The Morgan fingerprint density at radius 2 is 0.923 bits per heavy atom. The Bertz CT molecular complexity index is 3680. The molecule has 23 nitrogen and oxygen atoms in total. The second-order valence-corrected chi connectivity index (χ2v) is 39.1. The van der Waals surface area contributed by atoms with Crippen LogP contribution in [0.2, 0.25) is 0 Å². The number of ketones is 4. The number of amides is 9. The van der Waals surface area contributed by atoms with Crippen molar-refractivity contribution in [2.75, 3.05) is 68.6 Å². The maximum atomic E-state index is 15.6. The van der Waals surface area contributed by atoms with Gasteiger partial charge >= 0.3 is 0 Å². The smallest absolute Gasteiger partial charge is 0.246 e. The lowest BCUT2D eigenvalue weighted by atomic mass is 9.84. The highest BCUT2D eigenvalue weighted by Gasteiger charge is 2.48. The molecule has 12 atom stereocenters. The number of carbonyl (C=O) groups is 13. The van der Waals surface area contributed by atoms with Gasteiger partial charge in [0.2, 0.25) is 53.2 Å². The molecule has 3 N–H and O–H groups in total. The summed E-state index contributed by atoms with van der Waals surface area (Å²) in [5.41, 5.74) is 0. The second kappa shape index (κ2) is 48.7. The number of rotatable bonds is 30. The molecule has 1 heterocycles. The summed E-state index contributed by atoms with van der Waals surface area (Å²) in [6, 6.07) is 23.1. The van der Waals surface area contributed by atoms with E-state index in [0.29, 0.717) is 25.8 Å². The third kappa shape index (κ3) is 29.3. The molecule has 1 saturated heterocycles. The Kier molecular flexibility index (Phi) is 42.0. The maximum Gasteiger partial charge on any atom is 0.246 e. The molecule has 0 aliphatic carbocycles. The molecule has 1 fully saturated rings. The fourth-order valence-electron chi connectivity index (χ4n) is 16.1. The van der Waals surface area contributed by atoms with E-state index >= 15 is 19.2 Å². The van der Waals surface area contributed by atoms with E-state index in [1.54, 1.807) is 54.5 Å². The molecule has 0 saturated carbocycles. The largest absolute Gasteiger partial charge is 0.390 e. The highest BCUT2D eigenvalue weighted by atomic mass is 31.2. The first-order valence-corrected chi connectivity index (χ1v) is 44.9. The molecule has 1 aliphatic rings. The Hall–Kier alpha value is -8.30. The molecule has 9 amide bonds. The zero-order chi connectivity index (χ0) is 88.0. The topological polar surface area (TPSA) is 289 Å². The number of carbonyl (C=O) groups excluding carboxylic acids is 13. The van der Waals surface area contributed by atoms with Crippen LogP contribution in [0, 0.1) is 59.2 Å². The van der Waals surface area contributed by atoms with Crippen LogP contribution in [0.1, 0.15) is 214 Å². The summed E-state index contributed by atoms with van der Waals surface area (Å²) in [6.45, 7) is 28.4. The Morgan fingerprint density at radius 3 is 1.40 bits per heavy atom. The van der Waals surface area contributed by atoms with Gasteiger partial charge in [0.25, 0.3) is 0 Å². The Labute approximate surface area is 701 Å². The predicted molar refractivity (Wildman–Crippen MR) is 467 cm³/mol. The number of allylic oxidation sites excluding steroid dienone is 1. The Morgan fingerprint density at radius 1 is 0.487 bits per heavy atom. The minimum atomic E-state index is -2.13. The molecule has 3 aromatic rings. The molecule has 0 unspecified atom stereocenters. The summed E-state index contributed by atoms with van der Waals surface area (Å²) in [4.78, 5) is 200. The molecule has 0 aromatic heterocycles. The van der Waals surface area contributed by atoms with Crippen molar-refractivity contribution in [3.8, 4) is 0 Å². The first-order valence-electron chi connectivity index (χ1n) is 42.9. The lowest BCUT2D eigenvalue weighted by Gasteiger charge is -2.41. The lowest BCUT2D eigenvalue weighted by molar-refractivity contribution is -0.157. The van der Waals surface area contributed by atoms with Gasteiger partial charge in [-0.3, -0.25) is 62.3 Å². The average molecular weight is 1640 g/mol. The molecule has 650 valence electrons. The van der Waals surface area contributed by atoms with Crippen molar-refractivity contribution in [1.29, 1.82) is 0 Å². The van der Waals surface area contributed by atoms with Crippen molar-refractivity contribution in [3.05, 3.63) is 103 Å². The van der Waals surface area contributed by atoms with Gasteiger partial charge in [-0.05, 0) is 142 Å². The highest BCUT2D eigenvalue weighted by Crippen LogP contribution is 2.56. The third-order valence-electron chi connectivity index (χ3n) is 23.3. The van der Waals surface area contributed by atoms with E-state index in [-0.39, 0.29) is 86.7 Å². The van der Waals surface area contributed by atoms with Crippen LogP contribution >= 0.6 is 7.26 Å². The molecule has 0 spiro atoms. The van der Waals surface area contributed by atoms with Crippen LogP contribution in [0.25, 0.3) is 0 Å². The number of nitrogens with zero attached hydrogens (tertiary/aromatic N) is 7. The van der Waals surface area contributed by atoms with Gasteiger partial charge in [0.05, 0.1) is 30.9 Å². The summed E-state index contributed by atoms with van der Waals surface area (Å²) in [5, 5.41) is 22.1. The maximum absolute atomic E-state index is 15.6. The summed E-state index contributed by atoms with van der Waals surface area (Å²) < 4.78 is 0. The van der Waals surface area contributed by atoms with E-state index in [4.69, 9.17) is 0 Å². The summed E-state index contributed by atoms with van der Waals surface area (Å²) in [6.07, 6.45) is 6.80. The van der Waals surface area contributed by atoms with E-state index in [1.165, 1.54) is 108 Å². The van der Waals surface area contributed by atoms with Crippen LogP contribution in [0.5, 0.6) is 0 Å². The number of aliphatic hydroxyl groups is 1. The van der Waals surface area contributed by atoms with E-state index in [0.717, 1.165) is 36.7 Å². The summed E-state index contributed by atoms with van der Waals surface area (Å²) >= 11 is 0. The van der Waals surface area contributed by atoms with Gasteiger partial charge in [0, 0.05) is 106 Å². The van der Waals surface area contributed by atoms with Crippen LogP contribution < -0.4 is 26.5 Å². The van der Waals surface area contributed by atoms with Crippen molar-refractivity contribution >= 4 is 99.5 Å². The number of likely N-dealkylation sites (N-methyl/N-ethyl adjacent to an activating group) is 7. The summed E-state index contributed by atoms with van der Waals surface area (Å²) in [5.74, 6) is -12.0. The molecule has 0 bridgehead atoms. The number of unbranched alkanes of at least 4 members (excludes halogenated alkanes) is 4. The van der Waals surface area contributed by atoms with Crippen LogP contribution in [0.4, 0.5) is 0 Å². The van der Waals surface area contributed by atoms with Gasteiger partial charge in [-0.1, -0.05) is 184 Å². The molecular formula is C93H145N9O14P+. The van der Waals surface area contributed by atoms with E-state index < -0.39 is 169 Å². The fraction of sp³-hybridized carbons (Fsp3) is 0.645. The van der Waals surface area contributed by atoms with Crippen molar-refractivity contribution in [3.63, 3.8) is 0 Å². The van der Waals surface area contributed by atoms with E-state index in [1.807, 2.05) is 73.6 Å². The molecule has 0 radical (unpaired) electrons. The number of nitrogens with one attached hydrogen (secondary N) is 2. The normalized spacial score (nSPS) is 23.0. The predicted octanol–water partition coefficient (Wildman–Crippen LogP) is 10.9. The second-order valence-electron chi connectivity index (χ2n) is 35.5. The fourth-order valence-corrected chi connectivity index (χ4v) is 20.4. The van der Waals surface area contributed by atoms with Crippen molar-refractivity contribution in [1.82, 2.24) is 44.9 Å². The number of hydrogen-bond donors (Lipinski definition) is 3.